The van der Waals surface area contributed by atoms with Gasteiger partial charge in [0.25, 0.3) is 0 Å². The number of carbonyl (C=O) groups excluding carboxylic acids is 2. The molecule has 0 bridgehead atoms. The van der Waals surface area contributed by atoms with Crippen molar-refractivity contribution < 1.29 is 29.0 Å². The molecule has 0 heterocycles. The van der Waals surface area contributed by atoms with E-state index in [1.807, 2.05) is 36.6 Å². The summed E-state index contributed by atoms with van der Waals surface area (Å²) < 4.78 is 10.6. The molecule has 1 saturated carbocycles. The predicted octanol–water partition coefficient (Wildman–Crippen LogP) is 2.60. The van der Waals surface area contributed by atoms with Crippen LogP contribution in [0.2, 0.25) is 0 Å². The molecule has 4 N–H and O–H groups in total. The van der Waals surface area contributed by atoms with Crippen molar-refractivity contribution >= 4 is 29.9 Å². The number of benzene rings is 1. The van der Waals surface area contributed by atoms with E-state index in [1.165, 1.54) is 0 Å². The number of carboxylic acid groups (broad SMARTS) is 1. The molecule has 1 aliphatic rings. The van der Waals surface area contributed by atoms with Gasteiger partial charge >= 0.3 is 12.2 Å². The third kappa shape index (κ3) is 8.96. The molecule has 1 aromatic carbocycles. The minimum absolute atomic E-state index is 0.0271. The molecule has 10 heteroatoms. The molecule has 0 spiro atoms. The van der Waals surface area contributed by atoms with Gasteiger partial charge in [-0.15, -0.1) is 0 Å². The maximum absolute atomic E-state index is 13.0. The van der Waals surface area contributed by atoms with E-state index in [0.717, 1.165) is 5.56 Å². The smallest absolute Gasteiger partial charge is 0.408 e. The van der Waals surface area contributed by atoms with Crippen LogP contribution < -0.4 is 16.0 Å². The first-order chi connectivity index (χ1) is 15.4. The maximum Gasteiger partial charge on any atom is 0.408 e. The molecule has 0 aliphatic heterocycles. The highest BCUT2D eigenvalue weighted by Gasteiger charge is 2.34. The van der Waals surface area contributed by atoms with Gasteiger partial charge in [0.2, 0.25) is 5.91 Å². The summed E-state index contributed by atoms with van der Waals surface area (Å²) in [6.45, 7) is 0.533. The molecule has 0 aromatic heterocycles. The van der Waals surface area contributed by atoms with Crippen molar-refractivity contribution in [2.24, 2.45) is 5.92 Å². The molecular weight excluding hydrogens is 434 g/mol. The van der Waals surface area contributed by atoms with E-state index in [0.29, 0.717) is 38.0 Å². The minimum Gasteiger partial charge on any atom is -0.465 e. The van der Waals surface area contributed by atoms with Crippen LogP contribution in [0.5, 0.6) is 0 Å². The van der Waals surface area contributed by atoms with Crippen LogP contribution in [0.4, 0.5) is 9.59 Å². The number of hydrogen-bond donors (Lipinski definition) is 4. The van der Waals surface area contributed by atoms with Gasteiger partial charge in [-0.1, -0.05) is 30.3 Å². The molecule has 1 aromatic rings. The number of methoxy groups -OCH3 is 1. The Kier molecular flexibility index (Phi) is 11.2. The van der Waals surface area contributed by atoms with Crippen molar-refractivity contribution in [2.75, 3.05) is 25.7 Å². The summed E-state index contributed by atoms with van der Waals surface area (Å²) in [5.74, 6) is 0.403. The lowest BCUT2D eigenvalue weighted by Crippen LogP contribution is -2.54. The Morgan fingerprint density at radius 1 is 1.19 bits per heavy atom. The van der Waals surface area contributed by atoms with Crippen LogP contribution in [0.3, 0.4) is 0 Å². The normalized spacial score (nSPS) is 21.2. The Bertz CT molecular complexity index is 736. The molecule has 1 fully saturated rings. The van der Waals surface area contributed by atoms with Crippen molar-refractivity contribution in [1.29, 1.82) is 0 Å². The average molecular weight is 468 g/mol. The molecule has 9 nitrogen and oxygen atoms in total. The summed E-state index contributed by atoms with van der Waals surface area (Å²) in [7, 11) is 1.58. The number of carbonyl (C=O) groups is 3. The van der Waals surface area contributed by atoms with E-state index in [9.17, 15) is 14.4 Å². The van der Waals surface area contributed by atoms with E-state index >= 15 is 0 Å². The SMILES string of the molecule is COC[C@@H]1C[C@H](NC(=O)O)CC[C@@H]1NC(=O)[C@H](CCSC)NC(=O)OCc1ccccc1. The lowest BCUT2D eigenvalue weighted by Gasteiger charge is -2.36. The average Bonchev–Trinajstić information content (AvgIpc) is 2.77. The fourth-order valence-electron chi connectivity index (χ4n) is 3.85. The lowest BCUT2D eigenvalue weighted by atomic mass is 9.81. The third-order valence-electron chi connectivity index (χ3n) is 5.45. The zero-order valence-electron chi connectivity index (χ0n) is 18.5. The highest BCUT2D eigenvalue weighted by Crippen LogP contribution is 2.25. The van der Waals surface area contributed by atoms with E-state index in [-0.39, 0.29) is 30.5 Å². The van der Waals surface area contributed by atoms with Gasteiger partial charge in [-0.2, -0.15) is 11.8 Å². The Morgan fingerprint density at radius 2 is 1.94 bits per heavy atom. The second-order valence-electron chi connectivity index (χ2n) is 7.83. The second-order valence-corrected chi connectivity index (χ2v) is 8.82. The molecular formula is C22H33N3O6S. The summed E-state index contributed by atoms with van der Waals surface area (Å²) in [4.78, 5) is 36.3. The van der Waals surface area contributed by atoms with E-state index in [4.69, 9.17) is 14.6 Å². The quantitative estimate of drug-likeness (QED) is 0.394. The van der Waals surface area contributed by atoms with Gasteiger partial charge in [0.05, 0.1) is 6.61 Å². The lowest BCUT2D eigenvalue weighted by molar-refractivity contribution is -0.124. The van der Waals surface area contributed by atoms with Crippen LogP contribution in [0.1, 0.15) is 31.2 Å². The highest BCUT2D eigenvalue weighted by atomic mass is 32.2. The Hall–Kier alpha value is -2.46. The number of hydrogen-bond acceptors (Lipinski definition) is 6. The molecule has 1 aliphatic carbocycles. The first-order valence-electron chi connectivity index (χ1n) is 10.7. The Labute approximate surface area is 193 Å². The maximum atomic E-state index is 13.0. The van der Waals surface area contributed by atoms with Crippen LogP contribution in [0.15, 0.2) is 30.3 Å². The van der Waals surface area contributed by atoms with Crippen molar-refractivity contribution in [3.8, 4) is 0 Å². The number of amides is 3. The van der Waals surface area contributed by atoms with Crippen LogP contribution in [0.25, 0.3) is 0 Å². The van der Waals surface area contributed by atoms with Crippen molar-refractivity contribution in [1.82, 2.24) is 16.0 Å². The third-order valence-corrected chi connectivity index (χ3v) is 6.09. The van der Waals surface area contributed by atoms with Gasteiger partial charge in [-0.05, 0) is 43.3 Å². The summed E-state index contributed by atoms with van der Waals surface area (Å²) in [6, 6.07) is 8.28. The molecule has 32 heavy (non-hydrogen) atoms. The van der Waals surface area contributed by atoms with Crippen molar-refractivity contribution in [3.05, 3.63) is 35.9 Å². The van der Waals surface area contributed by atoms with Gasteiger partial charge in [0.15, 0.2) is 0 Å². The van der Waals surface area contributed by atoms with E-state index < -0.39 is 18.2 Å². The number of rotatable bonds is 11. The van der Waals surface area contributed by atoms with Crippen LogP contribution >= 0.6 is 11.8 Å². The Morgan fingerprint density at radius 3 is 2.59 bits per heavy atom. The monoisotopic (exact) mass is 467 g/mol. The highest BCUT2D eigenvalue weighted by molar-refractivity contribution is 7.98. The largest absolute Gasteiger partial charge is 0.465 e. The molecule has 2 rings (SSSR count). The van der Waals surface area contributed by atoms with Crippen LogP contribution in [0, 0.1) is 5.92 Å². The van der Waals surface area contributed by atoms with Gasteiger partial charge < -0.3 is 30.5 Å². The number of alkyl carbamates (subject to hydrolysis) is 1. The first kappa shape index (κ1) is 25.8. The summed E-state index contributed by atoms with van der Waals surface area (Å²) in [5, 5.41) is 17.2. The fourth-order valence-corrected chi connectivity index (χ4v) is 4.32. The topological polar surface area (TPSA) is 126 Å². The summed E-state index contributed by atoms with van der Waals surface area (Å²) in [6.07, 6.45) is 2.54. The molecule has 0 unspecified atom stereocenters. The van der Waals surface area contributed by atoms with Crippen LogP contribution in [-0.4, -0.2) is 67.1 Å². The van der Waals surface area contributed by atoms with Crippen LogP contribution in [-0.2, 0) is 20.9 Å². The number of ether oxygens (including phenoxy) is 2. The summed E-state index contributed by atoms with van der Waals surface area (Å²) >= 11 is 1.59. The first-order valence-corrected chi connectivity index (χ1v) is 12.1. The molecule has 4 atom stereocenters. The predicted molar refractivity (Wildman–Crippen MR) is 123 cm³/mol. The minimum atomic E-state index is -1.05. The molecule has 0 radical (unpaired) electrons. The fraction of sp³-hybridized carbons (Fsp3) is 0.591. The molecule has 0 saturated heterocycles. The van der Waals surface area contributed by atoms with E-state index in [2.05, 4.69) is 16.0 Å². The number of nitrogens with one attached hydrogen (secondary N) is 3. The van der Waals surface area contributed by atoms with Gasteiger partial charge in [-0.25, -0.2) is 9.59 Å². The number of thioether (sulfide) groups is 1. The van der Waals surface area contributed by atoms with Gasteiger partial charge in [-0.3, -0.25) is 4.79 Å². The van der Waals surface area contributed by atoms with Gasteiger partial charge in [0, 0.05) is 25.1 Å². The van der Waals surface area contributed by atoms with E-state index in [1.54, 1.807) is 18.9 Å². The standard InChI is InChI=1S/C22H33N3O6S/c1-30-14-16-12-17(23-21(27)28)8-9-18(16)24-20(26)19(10-11-32-2)25-22(29)31-13-15-6-4-3-5-7-15/h3-7,16-19,23H,8-14H2,1-2H3,(H,24,26)(H,25,29)(H,27,28)/t16-,17+,18-,19-/m0/s1. The zero-order chi connectivity index (χ0) is 23.3. The zero-order valence-corrected chi connectivity index (χ0v) is 19.4. The second kappa shape index (κ2) is 13.8. The van der Waals surface area contributed by atoms with Crippen molar-refractivity contribution in [3.63, 3.8) is 0 Å². The van der Waals surface area contributed by atoms with Gasteiger partial charge in [0.1, 0.15) is 12.6 Å². The Balaban J connectivity index is 1.93. The molecule has 3 amide bonds. The summed E-state index contributed by atoms with van der Waals surface area (Å²) in [5.41, 5.74) is 0.863. The van der Waals surface area contributed by atoms with Crippen molar-refractivity contribution in [2.45, 2.75) is 50.4 Å². The molecule has 178 valence electrons.